The minimum Gasteiger partial charge on any atom is -0.588 e. The van der Waals surface area contributed by atoms with Crippen molar-refractivity contribution in [2.75, 3.05) is 10.0 Å². The normalized spacial score (nSPS) is 13.8. The zero-order valence-corrected chi connectivity index (χ0v) is 19.4. The molecule has 0 radical (unpaired) electrons. The standard InChI is InChI=1S/C26H26N4O2S/c1-16-7-8-17(2)23(15-16)30-33(32)20-12-10-19(11-13-20)29-26(31)25(28)22-14-9-18-5-3-4-6-21(18)24(22)27/h3-8,10-13,15,28,30H,9,14,27H2,1-2H3,(H,29,31). The van der Waals surface area contributed by atoms with E-state index in [1.165, 1.54) is 0 Å². The van der Waals surface area contributed by atoms with Gasteiger partial charge in [0, 0.05) is 22.5 Å². The Morgan fingerprint density at radius 2 is 1.76 bits per heavy atom. The van der Waals surface area contributed by atoms with Gasteiger partial charge < -0.3 is 15.6 Å². The lowest BCUT2D eigenvalue weighted by Gasteiger charge is -2.21. The lowest BCUT2D eigenvalue weighted by molar-refractivity contribution is -0.110. The second-order valence-electron chi connectivity index (χ2n) is 8.09. The van der Waals surface area contributed by atoms with Crippen LogP contribution in [0.1, 0.15) is 28.7 Å². The first-order valence-corrected chi connectivity index (χ1v) is 11.8. The molecule has 1 amide bonds. The van der Waals surface area contributed by atoms with Gasteiger partial charge in [-0.05, 0) is 73.7 Å². The van der Waals surface area contributed by atoms with Gasteiger partial charge in [0.15, 0.2) is 4.90 Å². The van der Waals surface area contributed by atoms with Crippen LogP contribution in [0.2, 0.25) is 0 Å². The van der Waals surface area contributed by atoms with E-state index in [1.54, 1.807) is 24.3 Å². The molecular weight excluding hydrogens is 432 g/mol. The van der Waals surface area contributed by atoms with Crippen LogP contribution in [-0.2, 0) is 22.6 Å². The molecule has 33 heavy (non-hydrogen) atoms. The van der Waals surface area contributed by atoms with E-state index in [-0.39, 0.29) is 5.71 Å². The number of carbonyl (C=O) groups is 1. The van der Waals surface area contributed by atoms with E-state index in [9.17, 15) is 9.35 Å². The Kier molecular flexibility index (Phi) is 6.53. The highest BCUT2D eigenvalue weighted by molar-refractivity contribution is 7.92. The van der Waals surface area contributed by atoms with Gasteiger partial charge in [0.05, 0.1) is 5.69 Å². The number of benzene rings is 3. The van der Waals surface area contributed by atoms with Crippen molar-refractivity contribution >= 4 is 40.1 Å². The van der Waals surface area contributed by atoms with Crippen LogP contribution in [0, 0.1) is 19.3 Å². The van der Waals surface area contributed by atoms with Gasteiger partial charge in [-0.1, -0.05) is 36.4 Å². The van der Waals surface area contributed by atoms with Crippen molar-refractivity contribution in [2.24, 2.45) is 5.73 Å². The fourth-order valence-electron chi connectivity index (χ4n) is 3.81. The van der Waals surface area contributed by atoms with Crippen molar-refractivity contribution in [3.8, 4) is 0 Å². The maximum absolute atomic E-state index is 12.7. The lowest BCUT2D eigenvalue weighted by Crippen LogP contribution is -2.27. The summed E-state index contributed by atoms with van der Waals surface area (Å²) in [7, 11) is 0. The lowest BCUT2D eigenvalue weighted by atomic mass is 9.87. The third-order valence-electron chi connectivity index (χ3n) is 5.73. The molecule has 0 spiro atoms. The molecule has 3 aromatic carbocycles. The molecule has 1 aliphatic rings. The van der Waals surface area contributed by atoms with E-state index in [1.807, 2.05) is 56.3 Å². The number of aryl methyl sites for hydroxylation is 3. The summed E-state index contributed by atoms with van der Waals surface area (Å²) in [6, 6.07) is 20.5. The summed E-state index contributed by atoms with van der Waals surface area (Å²) in [6.45, 7) is 3.94. The molecule has 4 rings (SSSR count). The van der Waals surface area contributed by atoms with Gasteiger partial charge in [-0.15, -0.1) is 0 Å². The molecule has 0 aliphatic heterocycles. The summed E-state index contributed by atoms with van der Waals surface area (Å²) in [5.41, 5.74) is 12.6. The van der Waals surface area contributed by atoms with E-state index in [4.69, 9.17) is 11.1 Å². The minimum absolute atomic E-state index is 0.133. The van der Waals surface area contributed by atoms with E-state index in [2.05, 4.69) is 10.0 Å². The summed E-state index contributed by atoms with van der Waals surface area (Å²) in [6.07, 6.45) is 1.30. The smallest absolute Gasteiger partial charge is 0.273 e. The quantitative estimate of drug-likeness (QED) is 0.316. The highest BCUT2D eigenvalue weighted by atomic mass is 32.2. The van der Waals surface area contributed by atoms with Crippen molar-refractivity contribution in [3.63, 3.8) is 0 Å². The summed E-state index contributed by atoms with van der Waals surface area (Å²) in [5.74, 6) is -0.519. The number of nitrogens with two attached hydrogens (primary N) is 1. The maximum Gasteiger partial charge on any atom is 0.273 e. The first-order chi connectivity index (χ1) is 15.8. The van der Waals surface area contributed by atoms with E-state index < -0.39 is 17.3 Å². The molecule has 0 bridgehead atoms. The third-order valence-corrected chi connectivity index (χ3v) is 6.83. The topological polar surface area (TPSA) is 114 Å². The van der Waals surface area contributed by atoms with Crippen molar-refractivity contribution in [2.45, 2.75) is 31.6 Å². The molecule has 0 aromatic heterocycles. The fourth-order valence-corrected chi connectivity index (χ4v) is 4.74. The molecule has 1 atom stereocenters. The Bertz CT molecular complexity index is 1250. The number of fused-ring (bicyclic) bond motifs is 1. The van der Waals surface area contributed by atoms with E-state index in [0.29, 0.717) is 28.3 Å². The molecule has 7 heteroatoms. The van der Waals surface area contributed by atoms with Gasteiger partial charge in [0.2, 0.25) is 0 Å². The highest BCUT2D eigenvalue weighted by Gasteiger charge is 2.23. The van der Waals surface area contributed by atoms with Crippen molar-refractivity contribution in [3.05, 3.63) is 94.6 Å². The number of rotatable bonds is 6. The average molecular weight is 459 g/mol. The molecule has 168 valence electrons. The number of carbonyl (C=O) groups excluding carboxylic acids is 1. The molecular formula is C26H26N4O2S. The van der Waals surface area contributed by atoms with Crippen molar-refractivity contribution in [1.82, 2.24) is 0 Å². The molecule has 6 nitrogen and oxygen atoms in total. The molecule has 5 N–H and O–H groups in total. The first-order valence-electron chi connectivity index (χ1n) is 10.7. The molecule has 0 heterocycles. The molecule has 1 aliphatic carbocycles. The SMILES string of the molecule is Cc1ccc(C)c(N[S+]([O-])c2ccc(NC(=O)C(=N)C3=C(N)c4ccccc4CC3)cc2)c1. The highest BCUT2D eigenvalue weighted by Crippen LogP contribution is 2.29. The van der Waals surface area contributed by atoms with Crippen LogP contribution in [0.25, 0.3) is 5.70 Å². The number of nitrogens with one attached hydrogen (secondary N) is 3. The fraction of sp³-hybridized carbons (Fsp3) is 0.154. The monoisotopic (exact) mass is 458 g/mol. The van der Waals surface area contributed by atoms with Gasteiger partial charge in [0.1, 0.15) is 17.1 Å². The van der Waals surface area contributed by atoms with Crippen LogP contribution in [0.5, 0.6) is 0 Å². The van der Waals surface area contributed by atoms with Gasteiger partial charge in [-0.3, -0.25) is 10.2 Å². The Labute approximate surface area is 196 Å². The van der Waals surface area contributed by atoms with Gasteiger partial charge in [-0.25, -0.2) is 4.72 Å². The van der Waals surface area contributed by atoms with Gasteiger partial charge in [0.25, 0.3) is 5.91 Å². The number of amides is 1. The first kappa shape index (κ1) is 22.6. The van der Waals surface area contributed by atoms with E-state index >= 15 is 0 Å². The third kappa shape index (κ3) is 4.94. The molecule has 0 saturated carbocycles. The Hall–Kier alpha value is -3.55. The van der Waals surface area contributed by atoms with Crippen LogP contribution < -0.4 is 15.8 Å². The van der Waals surface area contributed by atoms with Crippen LogP contribution >= 0.6 is 0 Å². The Balaban J connectivity index is 1.43. The van der Waals surface area contributed by atoms with Gasteiger partial charge in [-0.2, -0.15) is 0 Å². The van der Waals surface area contributed by atoms with Crippen LogP contribution in [0.4, 0.5) is 11.4 Å². The molecule has 0 fully saturated rings. The predicted molar refractivity (Wildman–Crippen MR) is 135 cm³/mol. The maximum atomic E-state index is 12.7. The molecule has 3 aromatic rings. The number of hydrogen-bond donors (Lipinski definition) is 4. The summed E-state index contributed by atoms with van der Waals surface area (Å²) < 4.78 is 15.8. The van der Waals surface area contributed by atoms with E-state index in [0.717, 1.165) is 34.4 Å². The second-order valence-corrected chi connectivity index (χ2v) is 9.31. The Morgan fingerprint density at radius 1 is 1.03 bits per heavy atom. The molecule has 0 saturated heterocycles. The minimum atomic E-state index is -1.44. The van der Waals surface area contributed by atoms with Crippen molar-refractivity contribution in [1.29, 1.82) is 5.41 Å². The Morgan fingerprint density at radius 3 is 2.52 bits per heavy atom. The summed E-state index contributed by atoms with van der Waals surface area (Å²) in [4.78, 5) is 13.3. The average Bonchev–Trinajstić information content (AvgIpc) is 2.82. The predicted octanol–water partition coefficient (Wildman–Crippen LogP) is 4.71. The van der Waals surface area contributed by atoms with Gasteiger partial charge >= 0.3 is 0 Å². The second kappa shape index (κ2) is 9.52. The zero-order chi connectivity index (χ0) is 23.5. The zero-order valence-electron chi connectivity index (χ0n) is 18.6. The molecule has 1 unspecified atom stereocenters. The summed E-state index contributed by atoms with van der Waals surface area (Å²) in [5, 5.41) is 11.1. The number of hydrogen-bond acceptors (Lipinski definition) is 5. The largest absolute Gasteiger partial charge is 0.588 e. The summed E-state index contributed by atoms with van der Waals surface area (Å²) >= 11 is -1.44. The number of anilines is 2. The van der Waals surface area contributed by atoms with Crippen LogP contribution in [0.15, 0.2) is 77.2 Å². The van der Waals surface area contributed by atoms with Crippen LogP contribution in [0.3, 0.4) is 0 Å². The van der Waals surface area contributed by atoms with Crippen molar-refractivity contribution < 1.29 is 9.35 Å². The van der Waals surface area contributed by atoms with Crippen LogP contribution in [-0.4, -0.2) is 16.2 Å².